The first-order valence-electron chi connectivity index (χ1n) is 6.76. The summed E-state index contributed by atoms with van der Waals surface area (Å²) in [6.45, 7) is 1.98. The van der Waals surface area contributed by atoms with E-state index >= 15 is 0 Å². The summed E-state index contributed by atoms with van der Waals surface area (Å²) in [6, 6.07) is 9.80. The van der Waals surface area contributed by atoms with E-state index in [-0.39, 0.29) is 23.5 Å². The van der Waals surface area contributed by atoms with Gasteiger partial charge in [0.05, 0.1) is 10.9 Å². The fraction of sp³-hybridized carbons (Fsp3) is 0.250. The van der Waals surface area contributed by atoms with Crippen LogP contribution in [0.4, 0.5) is 10.1 Å². The number of carbonyl (C=O) groups is 1. The van der Waals surface area contributed by atoms with Crippen LogP contribution in [-0.4, -0.2) is 22.4 Å². The number of halogens is 1. The first-order valence-corrected chi connectivity index (χ1v) is 8.05. The second kappa shape index (κ2) is 7.79. The van der Waals surface area contributed by atoms with E-state index in [0.717, 1.165) is 0 Å². The maximum atomic E-state index is 14.0. The Kier molecular flexibility index (Phi) is 5.77. The molecular weight excluding hydrogens is 303 g/mol. The highest BCUT2D eigenvalue weighted by molar-refractivity contribution is 7.99. The summed E-state index contributed by atoms with van der Waals surface area (Å²) in [7, 11) is 0. The number of nitrogens with zero attached hydrogens (tertiary/aromatic N) is 1. The van der Waals surface area contributed by atoms with Crippen LogP contribution in [0.5, 0.6) is 5.75 Å². The number of carbonyl (C=O) groups excluding carboxylic acids is 1. The Labute approximate surface area is 133 Å². The van der Waals surface area contributed by atoms with Crippen LogP contribution in [0.2, 0.25) is 0 Å². The molecule has 2 rings (SSSR count). The smallest absolute Gasteiger partial charge is 0.237 e. The maximum absolute atomic E-state index is 14.0. The van der Waals surface area contributed by atoms with E-state index in [1.807, 2.05) is 12.3 Å². The maximum Gasteiger partial charge on any atom is 0.237 e. The van der Waals surface area contributed by atoms with Crippen LogP contribution in [0, 0.1) is 5.82 Å². The number of benzene rings is 1. The van der Waals surface area contributed by atoms with Crippen molar-refractivity contribution in [3.8, 4) is 5.75 Å². The molecule has 1 atom stereocenters. The molecule has 22 heavy (non-hydrogen) atoms. The van der Waals surface area contributed by atoms with Gasteiger partial charge in [0.1, 0.15) is 6.61 Å². The Morgan fingerprint density at radius 1 is 1.41 bits per heavy atom. The first kappa shape index (κ1) is 16.3. The largest absolute Gasteiger partial charge is 0.484 e. The van der Waals surface area contributed by atoms with E-state index in [1.54, 1.807) is 31.3 Å². The Hall–Kier alpha value is -2.08. The van der Waals surface area contributed by atoms with E-state index in [1.165, 1.54) is 23.9 Å². The third-order valence-corrected chi connectivity index (χ3v) is 3.95. The van der Waals surface area contributed by atoms with Crippen molar-refractivity contribution in [3.05, 3.63) is 54.1 Å². The van der Waals surface area contributed by atoms with E-state index in [9.17, 15) is 9.18 Å². The molecule has 4 nitrogen and oxygen atoms in total. The van der Waals surface area contributed by atoms with Gasteiger partial charge >= 0.3 is 0 Å². The summed E-state index contributed by atoms with van der Waals surface area (Å²) >= 11 is 1.43. The number of nitrogens with one attached hydrogen (secondary N) is 1. The molecule has 0 spiro atoms. The number of amides is 1. The number of hydrogen-bond acceptors (Lipinski definition) is 4. The van der Waals surface area contributed by atoms with Gasteiger partial charge in [-0.15, -0.1) is 0 Å². The van der Waals surface area contributed by atoms with Crippen LogP contribution in [0.15, 0.2) is 42.6 Å². The summed E-state index contributed by atoms with van der Waals surface area (Å²) in [4.78, 5) is 15.9. The van der Waals surface area contributed by atoms with Gasteiger partial charge in [-0.05, 0) is 37.4 Å². The molecule has 116 valence electrons. The highest BCUT2D eigenvalue weighted by atomic mass is 32.2. The molecule has 0 radical (unpaired) electrons. The number of thioether (sulfide) groups is 1. The van der Waals surface area contributed by atoms with Gasteiger partial charge in [0, 0.05) is 18.0 Å². The molecule has 1 heterocycles. The third-order valence-electron chi connectivity index (χ3n) is 3.02. The van der Waals surface area contributed by atoms with Gasteiger partial charge in [0.25, 0.3) is 0 Å². The highest BCUT2D eigenvalue weighted by Crippen LogP contribution is 2.22. The summed E-state index contributed by atoms with van der Waals surface area (Å²) in [5.74, 6) is -0.554. The molecule has 2 aromatic rings. The van der Waals surface area contributed by atoms with Gasteiger partial charge in [-0.3, -0.25) is 9.78 Å². The molecule has 0 aliphatic carbocycles. The quantitative estimate of drug-likeness (QED) is 0.885. The zero-order valence-corrected chi connectivity index (χ0v) is 13.2. The van der Waals surface area contributed by atoms with Gasteiger partial charge in [-0.1, -0.05) is 6.07 Å². The van der Waals surface area contributed by atoms with Crippen molar-refractivity contribution < 1.29 is 13.9 Å². The summed E-state index contributed by atoms with van der Waals surface area (Å²) in [5, 5.41) is 2.48. The fourth-order valence-corrected chi connectivity index (χ4v) is 1.95. The molecule has 0 aliphatic rings. The molecule has 0 saturated heterocycles. The lowest BCUT2D eigenvalue weighted by Gasteiger charge is -2.11. The monoisotopic (exact) mass is 320 g/mol. The molecule has 0 saturated carbocycles. The molecule has 1 N–H and O–H groups in total. The average Bonchev–Trinajstić information content (AvgIpc) is 2.54. The molecule has 1 amide bonds. The van der Waals surface area contributed by atoms with Gasteiger partial charge in [0.2, 0.25) is 5.91 Å². The zero-order valence-electron chi connectivity index (χ0n) is 12.4. The van der Waals surface area contributed by atoms with Crippen LogP contribution in [0.25, 0.3) is 0 Å². The number of anilines is 1. The Balaban J connectivity index is 1.99. The molecule has 1 unspecified atom stereocenters. The SMILES string of the molecule is CSC(C)C(=O)Nc1ccc(OCc2ccccn2)c(F)c1. The number of aromatic nitrogens is 1. The van der Waals surface area contributed by atoms with Gasteiger partial charge < -0.3 is 10.1 Å². The van der Waals surface area contributed by atoms with E-state index in [0.29, 0.717) is 11.4 Å². The second-order valence-electron chi connectivity index (χ2n) is 4.62. The van der Waals surface area contributed by atoms with Crippen molar-refractivity contribution in [2.75, 3.05) is 11.6 Å². The Morgan fingerprint density at radius 3 is 2.86 bits per heavy atom. The van der Waals surface area contributed by atoms with Crippen molar-refractivity contribution in [1.29, 1.82) is 0 Å². The number of ether oxygens (including phenoxy) is 1. The predicted octanol–water partition coefficient (Wildman–Crippen LogP) is 3.49. The Bertz CT molecular complexity index is 637. The Morgan fingerprint density at radius 2 is 2.23 bits per heavy atom. The molecule has 1 aromatic carbocycles. The van der Waals surface area contributed by atoms with Crippen molar-refractivity contribution in [2.24, 2.45) is 0 Å². The lowest BCUT2D eigenvalue weighted by molar-refractivity contribution is -0.115. The molecule has 6 heteroatoms. The van der Waals surface area contributed by atoms with Crippen LogP contribution in [0.1, 0.15) is 12.6 Å². The molecule has 0 fully saturated rings. The molecule has 0 bridgehead atoms. The number of hydrogen-bond donors (Lipinski definition) is 1. The lowest BCUT2D eigenvalue weighted by atomic mass is 10.2. The minimum absolute atomic E-state index is 0.126. The van der Waals surface area contributed by atoms with Gasteiger partial charge in [-0.25, -0.2) is 4.39 Å². The van der Waals surface area contributed by atoms with Gasteiger partial charge in [-0.2, -0.15) is 11.8 Å². The third kappa shape index (κ3) is 4.46. The highest BCUT2D eigenvalue weighted by Gasteiger charge is 2.12. The summed E-state index contributed by atoms with van der Waals surface area (Å²) in [6.07, 6.45) is 3.50. The summed E-state index contributed by atoms with van der Waals surface area (Å²) < 4.78 is 19.4. The fourth-order valence-electron chi connectivity index (χ4n) is 1.68. The normalized spacial score (nSPS) is 11.8. The van der Waals surface area contributed by atoms with Crippen LogP contribution in [-0.2, 0) is 11.4 Å². The minimum Gasteiger partial charge on any atom is -0.484 e. The molecular formula is C16H17FN2O2S. The summed E-state index contributed by atoms with van der Waals surface area (Å²) in [5.41, 5.74) is 1.13. The average molecular weight is 320 g/mol. The second-order valence-corrected chi connectivity index (χ2v) is 5.80. The first-order chi connectivity index (χ1) is 10.6. The van der Waals surface area contributed by atoms with Crippen molar-refractivity contribution in [1.82, 2.24) is 4.98 Å². The van der Waals surface area contributed by atoms with Crippen LogP contribution >= 0.6 is 11.8 Å². The van der Waals surface area contributed by atoms with Crippen LogP contribution in [0.3, 0.4) is 0 Å². The van der Waals surface area contributed by atoms with E-state index in [4.69, 9.17) is 4.74 Å². The number of rotatable bonds is 6. The molecule has 0 aliphatic heterocycles. The van der Waals surface area contributed by atoms with Gasteiger partial charge in [0.15, 0.2) is 11.6 Å². The lowest BCUT2D eigenvalue weighted by Crippen LogP contribution is -2.22. The predicted molar refractivity (Wildman–Crippen MR) is 86.6 cm³/mol. The minimum atomic E-state index is -0.523. The number of pyridine rings is 1. The molecule has 1 aromatic heterocycles. The topological polar surface area (TPSA) is 51.2 Å². The van der Waals surface area contributed by atoms with Crippen molar-refractivity contribution >= 4 is 23.4 Å². The van der Waals surface area contributed by atoms with Crippen molar-refractivity contribution in [3.63, 3.8) is 0 Å². The zero-order chi connectivity index (χ0) is 15.9. The van der Waals surface area contributed by atoms with Crippen molar-refractivity contribution in [2.45, 2.75) is 18.8 Å². The van der Waals surface area contributed by atoms with E-state index < -0.39 is 5.82 Å². The van der Waals surface area contributed by atoms with E-state index in [2.05, 4.69) is 10.3 Å². The standard InChI is InChI=1S/C16H17FN2O2S/c1-11(22-2)16(20)19-12-6-7-15(14(17)9-12)21-10-13-5-3-4-8-18-13/h3-9,11H,10H2,1-2H3,(H,19,20). The van der Waals surface area contributed by atoms with Crippen LogP contribution < -0.4 is 10.1 Å².